The molecule has 2 heteroatoms. The van der Waals surface area contributed by atoms with Crippen molar-refractivity contribution in [1.82, 2.24) is 0 Å². The summed E-state index contributed by atoms with van der Waals surface area (Å²) in [6.45, 7) is 0.859. The maximum absolute atomic E-state index is 6.48. The van der Waals surface area contributed by atoms with E-state index in [1.165, 1.54) is 25.7 Å². The highest BCUT2D eigenvalue weighted by atomic mass is 35.5. The van der Waals surface area contributed by atoms with Gasteiger partial charge in [0.1, 0.15) is 0 Å². The largest absolute Gasteiger partial charge is 0.374 e. The van der Waals surface area contributed by atoms with Crippen LogP contribution in [0.4, 0.5) is 0 Å². The first-order valence-corrected chi connectivity index (χ1v) is 8.06. The van der Waals surface area contributed by atoms with Crippen molar-refractivity contribution < 1.29 is 4.74 Å². The van der Waals surface area contributed by atoms with Gasteiger partial charge in [0.25, 0.3) is 0 Å². The van der Waals surface area contributed by atoms with E-state index in [0.29, 0.717) is 17.2 Å². The third kappa shape index (κ3) is 1.86. The predicted molar refractivity (Wildman–Crippen MR) is 77.6 cm³/mol. The zero-order valence-corrected chi connectivity index (χ0v) is 12.0. The molecule has 1 saturated heterocycles. The molecule has 4 rings (SSSR count). The molecule has 1 aromatic rings. The summed E-state index contributed by atoms with van der Waals surface area (Å²) in [5.41, 5.74) is 3.19. The Hall–Kier alpha value is -0.530. The van der Waals surface area contributed by atoms with Crippen LogP contribution in [0.25, 0.3) is 0 Å². The summed E-state index contributed by atoms with van der Waals surface area (Å²) in [5, 5.41) is 0.318. The minimum atomic E-state index is 0.0870. The molecule has 1 aromatic carbocycles. The predicted octanol–water partition coefficient (Wildman–Crippen LogP) is 3.97. The van der Waals surface area contributed by atoms with E-state index in [0.717, 1.165) is 19.4 Å². The third-order valence-corrected chi connectivity index (χ3v) is 6.01. The first kappa shape index (κ1) is 12.2. The average molecular weight is 277 g/mol. The molecule has 1 saturated carbocycles. The Morgan fingerprint density at radius 1 is 1.00 bits per heavy atom. The Morgan fingerprint density at radius 2 is 1.63 bits per heavy atom. The molecule has 0 amide bonds. The lowest BCUT2D eigenvalue weighted by Gasteiger charge is -2.44. The van der Waals surface area contributed by atoms with Crippen molar-refractivity contribution >= 4 is 11.6 Å². The molecule has 3 atom stereocenters. The van der Waals surface area contributed by atoms with Gasteiger partial charge < -0.3 is 4.74 Å². The number of halogens is 1. The van der Waals surface area contributed by atoms with E-state index in [-0.39, 0.29) is 5.60 Å². The molecule has 0 N–H and O–H groups in total. The zero-order chi connectivity index (χ0) is 12.9. The van der Waals surface area contributed by atoms with Crippen LogP contribution in [0.3, 0.4) is 0 Å². The van der Waals surface area contributed by atoms with Crippen molar-refractivity contribution in [3.05, 3.63) is 35.4 Å². The number of rotatable bonds is 0. The van der Waals surface area contributed by atoms with Gasteiger partial charge in [0.05, 0.1) is 5.60 Å². The second kappa shape index (κ2) is 4.49. The minimum absolute atomic E-state index is 0.0870. The van der Waals surface area contributed by atoms with Crippen molar-refractivity contribution in [2.75, 3.05) is 6.61 Å². The third-order valence-electron chi connectivity index (χ3n) is 5.64. The van der Waals surface area contributed by atoms with Crippen LogP contribution in [-0.4, -0.2) is 17.6 Å². The van der Waals surface area contributed by atoms with Gasteiger partial charge in [-0.3, -0.25) is 0 Å². The maximum atomic E-state index is 6.48. The molecule has 3 aliphatic rings. The number of hydrogen-bond donors (Lipinski definition) is 0. The normalized spacial score (nSPS) is 41.0. The zero-order valence-electron chi connectivity index (χ0n) is 11.3. The Bertz CT molecular complexity index is 451. The molecule has 19 heavy (non-hydrogen) atoms. The Kier molecular flexibility index (Phi) is 2.89. The second-order valence-corrected chi connectivity index (χ2v) is 7.16. The van der Waals surface area contributed by atoms with Gasteiger partial charge in [-0.25, -0.2) is 0 Å². The van der Waals surface area contributed by atoms with E-state index in [2.05, 4.69) is 24.3 Å². The lowest BCUT2D eigenvalue weighted by Crippen LogP contribution is -2.48. The number of benzene rings is 1. The van der Waals surface area contributed by atoms with E-state index in [1.54, 1.807) is 11.1 Å². The lowest BCUT2D eigenvalue weighted by atomic mass is 9.77. The first-order valence-electron chi connectivity index (χ1n) is 7.63. The summed E-state index contributed by atoms with van der Waals surface area (Å²) in [6, 6.07) is 8.97. The van der Waals surface area contributed by atoms with Gasteiger partial charge in [-0.1, -0.05) is 24.3 Å². The van der Waals surface area contributed by atoms with Crippen molar-refractivity contribution in [2.45, 2.75) is 49.5 Å². The molecule has 2 aliphatic carbocycles. The van der Waals surface area contributed by atoms with Gasteiger partial charge in [-0.15, -0.1) is 11.6 Å². The molecule has 2 bridgehead atoms. The summed E-state index contributed by atoms with van der Waals surface area (Å²) in [6.07, 6.45) is 7.12. The molecule has 2 fully saturated rings. The second-order valence-electron chi connectivity index (χ2n) is 6.54. The first-order chi connectivity index (χ1) is 9.28. The highest BCUT2D eigenvalue weighted by Gasteiger charge is 2.54. The van der Waals surface area contributed by atoms with Crippen LogP contribution in [0.15, 0.2) is 24.3 Å². The summed E-state index contributed by atoms with van der Waals surface area (Å²) >= 11 is 6.48. The van der Waals surface area contributed by atoms with Gasteiger partial charge in [-0.05, 0) is 61.5 Å². The van der Waals surface area contributed by atoms with E-state index >= 15 is 0 Å². The van der Waals surface area contributed by atoms with Crippen LogP contribution in [0.2, 0.25) is 0 Å². The van der Waals surface area contributed by atoms with Gasteiger partial charge in [0.2, 0.25) is 0 Å². The fraction of sp³-hybridized carbons (Fsp3) is 0.647. The fourth-order valence-corrected chi connectivity index (χ4v) is 5.04. The van der Waals surface area contributed by atoms with Gasteiger partial charge >= 0.3 is 0 Å². The van der Waals surface area contributed by atoms with Crippen LogP contribution in [0.5, 0.6) is 0 Å². The Morgan fingerprint density at radius 3 is 2.21 bits per heavy atom. The van der Waals surface area contributed by atoms with Crippen LogP contribution in [0.1, 0.15) is 36.8 Å². The molecule has 1 nitrogen and oxygen atoms in total. The lowest BCUT2D eigenvalue weighted by molar-refractivity contribution is -0.126. The Labute approximate surface area is 120 Å². The molecule has 0 radical (unpaired) electrons. The summed E-state index contributed by atoms with van der Waals surface area (Å²) in [7, 11) is 0. The number of fused-ring (bicyclic) bond motifs is 1. The van der Waals surface area contributed by atoms with Gasteiger partial charge in [0.15, 0.2) is 0 Å². The molecule has 0 aromatic heterocycles. The molecule has 1 heterocycles. The van der Waals surface area contributed by atoms with E-state index < -0.39 is 0 Å². The molecular formula is C17H21ClO. The standard InChI is InChI=1S/C17H21ClO/c18-16-7-8-19-17(11-16)14-5-6-15(17)10-13-4-2-1-3-12(13)9-14/h1-4,14-16H,5-11H2. The van der Waals surface area contributed by atoms with E-state index in [4.69, 9.17) is 16.3 Å². The van der Waals surface area contributed by atoms with Crippen molar-refractivity contribution in [3.63, 3.8) is 0 Å². The van der Waals surface area contributed by atoms with Gasteiger partial charge in [0, 0.05) is 12.0 Å². The van der Waals surface area contributed by atoms with Crippen molar-refractivity contribution in [2.24, 2.45) is 11.8 Å². The van der Waals surface area contributed by atoms with Crippen molar-refractivity contribution in [1.29, 1.82) is 0 Å². The smallest absolute Gasteiger partial charge is 0.0758 e. The molecule has 1 spiro atoms. The molecule has 1 aliphatic heterocycles. The number of ether oxygens (including phenoxy) is 1. The fourth-order valence-electron chi connectivity index (χ4n) is 4.71. The van der Waals surface area contributed by atoms with Crippen LogP contribution in [0, 0.1) is 11.8 Å². The minimum Gasteiger partial charge on any atom is -0.374 e. The Balaban J connectivity index is 1.73. The molecular weight excluding hydrogens is 256 g/mol. The quantitative estimate of drug-likeness (QED) is 0.652. The SMILES string of the molecule is ClC1CCOC2(C1)C1CCC2Cc2ccccc2C1. The molecule has 3 unspecified atom stereocenters. The van der Waals surface area contributed by atoms with E-state index in [9.17, 15) is 0 Å². The maximum Gasteiger partial charge on any atom is 0.0758 e. The number of alkyl halides is 1. The molecule has 102 valence electrons. The van der Waals surface area contributed by atoms with E-state index in [1.807, 2.05) is 0 Å². The summed E-state index contributed by atoms with van der Waals surface area (Å²) in [4.78, 5) is 0. The van der Waals surface area contributed by atoms with Crippen molar-refractivity contribution in [3.8, 4) is 0 Å². The number of hydrogen-bond acceptors (Lipinski definition) is 1. The topological polar surface area (TPSA) is 9.23 Å². The average Bonchev–Trinajstić information content (AvgIpc) is 2.62. The van der Waals surface area contributed by atoms with Crippen LogP contribution < -0.4 is 0 Å². The summed E-state index contributed by atoms with van der Waals surface area (Å²) in [5.74, 6) is 1.37. The highest BCUT2D eigenvalue weighted by molar-refractivity contribution is 6.20. The van der Waals surface area contributed by atoms with Crippen LogP contribution in [-0.2, 0) is 17.6 Å². The monoisotopic (exact) mass is 276 g/mol. The highest BCUT2D eigenvalue weighted by Crippen LogP contribution is 2.53. The summed E-state index contributed by atoms with van der Waals surface area (Å²) < 4.78 is 6.39. The van der Waals surface area contributed by atoms with Crippen LogP contribution >= 0.6 is 11.6 Å². The van der Waals surface area contributed by atoms with Gasteiger partial charge in [-0.2, -0.15) is 0 Å².